The average molecular weight is 957 g/mol. The van der Waals surface area contributed by atoms with Gasteiger partial charge in [0.1, 0.15) is 19.3 Å². The maximum atomic E-state index is 13.4. The highest BCUT2D eigenvalue weighted by Gasteiger charge is 2.27. The first kappa shape index (κ1) is 64.2. The van der Waals surface area contributed by atoms with E-state index in [0.717, 1.165) is 77.0 Å². The van der Waals surface area contributed by atoms with Crippen LogP contribution < -0.4 is 10.2 Å². The maximum Gasteiger partial charge on any atom is 0.306 e. The van der Waals surface area contributed by atoms with Crippen molar-refractivity contribution < 1.29 is 37.3 Å². The second kappa shape index (κ2) is 46.9. The number of hydrogen-bond acceptors (Lipinski definition) is 7. The highest BCUT2D eigenvalue weighted by molar-refractivity contribution is 7.45. The van der Waals surface area contributed by atoms with E-state index in [1.807, 2.05) is 39.4 Å². The smallest absolute Gasteiger partial charge is 0.306 e. The highest BCUT2D eigenvalue weighted by atomic mass is 31.2. The molecule has 0 saturated carbocycles. The fourth-order valence-corrected chi connectivity index (χ4v) is 7.87. The molecule has 9 nitrogen and oxygen atoms in total. The zero-order valence-corrected chi connectivity index (χ0v) is 44.7. The lowest BCUT2D eigenvalue weighted by Crippen LogP contribution is -2.47. The lowest BCUT2D eigenvalue weighted by Gasteiger charge is -2.30. The zero-order valence-electron chi connectivity index (χ0n) is 43.8. The zero-order chi connectivity index (χ0) is 49.4. The molecule has 0 radical (unpaired) electrons. The Morgan fingerprint density at radius 2 is 0.970 bits per heavy atom. The summed E-state index contributed by atoms with van der Waals surface area (Å²) in [5.41, 5.74) is 0. The van der Waals surface area contributed by atoms with Crippen molar-refractivity contribution in [2.75, 3.05) is 40.9 Å². The Labute approximate surface area is 412 Å². The number of likely N-dealkylation sites (N-methyl/N-ethyl adjacent to an activating group) is 1. The SMILES string of the molecule is CC/C=C/C/C=C/C/C=C/C/C=C/C/C=C/CCC(=O)NC(COP(=O)([O-])OCC[N+](C)(C)C)C(/C=C/CCCCCCCCCCCC)OC(=O)CCCCC/C=C\CCCCCCCC. The monoisotopic (exact) mass is 957 g/mol. The largest absolute Gasteiger partial charge is 0.756 e. The van der Waals surface area contributed by atoms with Gasteiger partial charge in [-0.2, -0.15) is 0 Å². The number of nitrogens with zero attached hydrogens (tertiary/aromatic N) is 1. The van der Waals surface area contributed by atoms with Crippen LogP contribution in [0.5, 0.6) is 0 Å². The second-order valence-electron chi connectivity index (χ2n) is 19.0. The van der Waals surface area contributed by atoms with Gasteiger partial charge < -0.3 is 28.5 Å². The first-order valence-electron chi connectivity index (χ1n) is 26.9. The van der Waals surface area contributed by atoms with Crippen LogP contribution >= 0.6 is 7.82 Å². The first-order chi connectivity index (χ1) is 32.4. The number of rotatable bonds is 47. The number of ether oxygens (including phenoxy) is 1. The van der Waals surface area contributed by atoms with Crippen molar-refractivity contribution in [2.45, 2.75) is 226 Å². The van der Waals surface area contributed by atoms with Crippen LogP contribution in [0.1, 0.15) is 213 Å². The molecule has 0 saturated heterocycles. The van der Waals surface area contributed by atoms with Gasteiger partial charge in [0.15, 0.2) is 0 Å². The molecule has 0 heterocycles. The Morgan fingerprint density at radius 1 is 0.537 bits per heavy atom. The third-order valence-electron chi connectivity index (χ3n) is 11.3. The number of unbranched alkanes of at least 4 members (excludes halogenated alkanes) is 19. The molecule has 0 aliphatic heterocycles. The van der Waals surface area contributed by atoms with E-state index < -0.39 is 26.6 Å². The first-order valence-corrected chi connectivity index (χ1v) is 28.4. The van der Waals surface area contributed by atoms with Gasteiger partial charge in [0.05, 0.1) is 33.8 Å². The molecule has 0 bridgehead atoms. The molecule has 0 aliphatic carbocycles. The number of phosphoric ester groups is 1. The van der Waals surface area contributed by atoms with Gasteiger partial charge in [-0.15, -0.1) is 0 Å². The molecular weight excluding hydrogens is 856 g/mol. The van der Waals surface area contributed by atoms with E-state index in [1.54, 1.807) is 6.08 Å². The van der Waals surface area contributed by atoms with Crippen LogP contribution in [0, 0.1) is 0 Å². The van der Waals surface area contributed by atoms with Gasteiger partial charge in [-0.05, 0) is 89.5 Å². The van der Waals surface area contributed by atoms with Crippen LogP contribution in [0.15, 0.2) is 85.1 Å². The van der Waals surface area contributed by atoms with E-state index in [4.69, 9.17) is 13.8 Å². The summed E-state index contributed by atoms with van der Waals surface area (Å²) in [6.07, 6.45) is 60.0. The number of nitrogens with one attached hydrogen (secondary N) is 1. The minimum atomic E-state index is -4.72. The minimum Gasteiger partial charge on any atom is -0.756 e. The molecule has 3 unspecified atom stereocenters. The lowest BCUT2D eigenvalue weighted by molar-refractivity contribution is -0.870. The summed E-state index contributed by atoms with van der Waals surface area (Å²) in [4.78, 5) is 39.7. The van der Waals surface area contributed by atoms with Crippen molar-refractivity contribution in [1.29, 1.82) is 0 Å². The maximum absolute atomic E-state index is 13.4. The molecule has 1 N–H and O–H groups in total. The Hall–Kier alpha value is -2.81. The molecule has 0 spiro atoms. The van der Waals surface area contributed by atoms with Crippen molar-refractivity contribution >= 4 is 19.7 Å². The number of amides is 1. The summed E-state index contributed by atoms with van der Waals surface area (Å²) in [5.74, 6) is -0.663. The summed E-state index contributed by atoms with van der Waals surface area (Å²) in [7, 11) is 1.12. The van der Waals surface area contributed by atoms with Crippen LogP contribution in [0.4, 0.5) is 0 Å². The number of quaternary nitrogens is 1. The van der Waals surface area contributed by atoms with Crippen molar-refractivity contribution in [3.8, 4) is 0 Å². The molecule has 3 atom stereocenters. The standard InChI is InChI=1S/C57H101N2O7P/c1-7-10-13-16-19-22-25-28-29-30-32-34-37-40-43-46-49-56(60)58-54(53-65-67(62,63)64-52-51-59(4,5)6)55(48-45-42-39-36-33-27-24-21-18-15-12-9-3)66-57(61)50-47-44-41-38-35-31-26-23-20-17-14-11-8-2/h10,13,19,22,28-29,31-32,34-35,40,43,45,48,54-55H,7-9,11-12,14-18,20-21,23-27,30,33,36-39,41-42,44,46-47,49-53H2,1-6H3,(H-,58,60,62,63)/b13-10+,22-19+,29-28+,34-32+,35-31-,43-40+,48-45+. The van der Waals surface area contributed by atoms with Crippen molar-refractivity contribution in [3.05, 3.63) is 85.1 Å². The summed E-state index contributed by atoms with van der Waals surface area (Å²) < 4.78 is 30.1. The molecule has 0 aromatic heterocycles. The van der Waals surface area contributed by atoms with Gasteiger partial charge in [0.25, 0.3) is 7.82 Å². The van der Waals surface area contributed by atoms with E-state index >= 15 is 0 Å². The number of hydrogen-bond donors (Lipinski definition) is 1. The number of esters is 1. The molecule has 67 heavy (non-hydrogen) atoms. The van der Waals surface area contributed by atoms with E-state index in [9.17, 15) is 19.0 Å². The number of carbonyl (C=O) groups is 2. The van der Waals surface area contributed by atoms with Crippen LogP contribution in [0.25, 0.3) is 0 Å². The third-order valence-corrected chi connectivity index (χ3v) is 12.3. The molecule has 0 aromatic rings. The van der Waals surface area contributed by atoms with Gasteiger partial charge >= 0.3 is 5.97 Å². The molecule has 0 aliphatic rings. The van der Waals surface area contributed by atoms with Crippen molar-refractivity contribution in [3.63, 3.8) is 0 Å². The second-order valence-corrected chi connectivity index (χ2v) is 20.4. The van der Waals surface area contributed by atoms with Crippen LogP contribution in [-0.4, -0.2) is 69.4 Å². The summed E-state index contributed by atoms with van der Waals surface area (Å²) in [6, 6.07) is -0.935. The van der Waals surface area contributed by atoms with E-state index in [1.165, 1.54) is 89.9 Å². The number of allylic oxidation sites excluding steroid dienone is 13. The predicted molar refractivity (Wildman–Crippen MR) is 284 cm³/mol. The third kappa shape index (κ3) is 48.0. The fraction of sp³-hybridized carbons (Fsp3) is 0.719. The summed E-state index contributed by atoms with van der Waals surface area (Å²) in [5, 5.41) is 2.96. The van der Waals surface area contributed by atoms with E-state index in [-0.39, 0.29) is 31.3 Å². The van der Waals surface area contributed by atoms with Gasteiger partial charge in [0, 0.05) is 12.8 Å². The number of carbonyl (C=O) groups excluding carboxylic acids is 2. The Kier molecular flexibility index (Phi) is 44.9. The van der Waals surface area contributed by atoms with Crippen LogP contribution in [0.3, 0.4) is 0 Å². The number of phosphoric acid groups is 1. The molecule has 0 aromatic carbocycles. The fourth-order valence-electron chi connectivity index (χ4n) is 7.15. The molecule has 0 fully saturated rings. The molecular formula is C57H101N2O7P. The van der Waals surface area contributed by atoms with Crippen molar-refractivity contribution in [2.24, 2.45) is 0 Å². The minimum absolute atomic E-state index is 0.0410. The van der Waals surface area contributed by atoms with E-state index in [2.05, 4.69) is 86.8 Å². The van der Waals surface area contributed by atoms with Gasteiger partial charge in [-0.1, -0.05) is 196 Å². The highest BCUT2D eigenvalue weighted by Crippen LogP contribution is 2.38. The van der Waals surface area contributed by atoms with Crippen LogP contribution in [0.2, 0.25) is 0 Å². The molecule has 0 rings (SSSR count). The lowest BCUT2D eigenvalue weighted by atomic mass is 10.1. The van der Waals surface area contributed by atoms with Gasteiger partial charge in [-0.25, -0.2) is 0 Å². The molecule has 10 heteroatoms. The van der Waals surface area contributed by atoms with Gasteiger partial charge in [-0.3, -0.25) is 14.2 Å². The molecule has 386 valence electrons. The quantitative estimate of drug-likeness (QED) is 0.0212. The Morgan fingerprint density at radius 3 is 1.46 bits per heavy atom. The summed E-state index contributed by atoms with van der Waals surface area (Å²) >= 11 is 0. The van der Waals surface area contributed by atoms with Gasteiger partial charge in [0.2, 0.25) is 5.91 Å². The Bertz CT molecular complexity index is 1430. The Balaban J connectivity index is 5.56. The summed E-state index contributed by atoms with van der Waals surface area (Å²) in [6.45, 7) is 6.62. The average Bonchev–Trinajstić information content (AvgIpc) is 3.28. The normalized spacial score (nSPS) is 14.6. The van der Waals surface area contributed by atoms with E-state index in [0.29, 0.717) is 23.9 Å². The van der Waals surface area contributed by atoms with Crippen LogP contribution in [-0.2, 0) is 27.9 Å². The van der Waals surface area contributed by atoms with Crippen molar-refractivity contribution in [1.82, 2.24) is 5.32 Å². The molecule has 1 amide bonds. The topological polar surface area (TPSA) is 114 Å². The predicted octanol–water partition coefficient (Wildman–Crippen LogP) is 15.2.